The smallest absolute Gasteiger partial charge is 0.287 e. The molecule has 0 spiro atoms. The Kier molecular flexibility index (Phi) is 10.9. The first-order valence-electron chi connectivity index (χ1n) is 17.2. The van der Waals surface area contributed by atoms with Crippen molar-refractivity contribution in [3.05, 3.63) is 139 Å². The molecule has 17 nitrogen and oxygen atoms in total. The summed E-state index contributed by atoms with van der Waals surface area (Å²) in [6.07, 6.45) is 4.01. The van der Waals surface area contributed by atoms with Crippen molar-refractivity contribution < 1.29 is 38.9 Å². The highest BCUT2D eigenvalue weighted by molar-refractivity contribution is 7.90. The second-order valence-electron chi connectivity index (χ2n) is 13.2. The van der Waals surface area contributed by atoms with Gasteiger partial charge in [0.05, 0.1) is 37.6 Å². The number of nitrogens with one attached hydrogen (secondary N) is 2. The Hall–Kier alpha value is -6.75. The van der Waals surface area contributed by atoms with Crippen LogP contribution in [0.5, 0.6) is 0 Å². The van der Waals surface area contributed by atoms with Crippen molar-refractivity contribution >= 4 is 25.5 Å². The van der Waals surface area contributed by atoms with E-state index in [4.69, 9.17) is 4.52 Å². The van der Waals surface area contributed by atoms with Gasteiger partial charge < -0.3 is 14.4 Å². The predicted octanol–water partition coefficient (Wildman–Crippen LogP) is 3.28. The van der Waals surface area contributed by atoms with Crippen molar-refractivity contribution in [3.8, 4) is 23.0 Å². The summed E-state index contributed by atoms with van der Waals surface area (Å²) in [6.45, 7) is 0.169. The van der Waals surface area contributed by atoms with Crippen LogP contribution in [0.2, 0.25) is 0 Å². The zero-order valence-electron chi connectivity index (χ0n) is 30.7. The number of rotatable bonds is 9. The molecule has 23 heteroatoms. The molecule has 0 amide bonds. The van der Waals surface area contributed by atoms with Gasteiger partial charge in [-0.3, -0.25) is 9.59 Å². The average molecular weight is 855 g/mol. The van der Waals surface area contributed by atoms with E-state index in [1.54, 1.807) is 17.0 Å². The maximum absolute atomic E-state index is 14.6. The van der Waals surface area contributed by atoms with Crippen LogP contribution in [0.15, 0.2) is 97.2 Å². The summed E-state index contributed by atoms with van der Waals surface area (Å²) in [6, 6.07) is 14.3. The molecule has 59 heavy (non-hydrogen) atoms. The molecule has 1 aliphatic heterocycles. The minimum Gasteiger partial charge on any atom is -0.381 e. The highest BCUT2D eigenvalue weighted by Crippen LogP contribution is 2.27. The first kappa shape index (κ1) is 40.4. The topological polar surface area (TPSA) is 225 Å². The van der Waals surface area contributed by atoms with Gasteiger partial charge in [-0.25, -0.2) is 54.3 Å². The summed E-state index contributed by atoms with van der Waals surface area (Å²) in [5.41, 5.74) is -0.211. The minimum absolute atomic E-state index is 0.00472. The lowest BCUT2D eigenvalue weighted by Crippen LogP contribution is -2.33. The van der Waals surface area contributed by atoms with E-state index < -0.39 is 48.5 Å². The molecule has 0 radical (unpaired) electrons. The van der Waals surface area contributed by atoms with Gasteiger partial charge in [0.25, 0.3) is 11.1 Å². The molecule has 1 aliphatic rings. The molecule has 6 heterocycles. The lowest BCUT2D eigenvalue weighted by Gasteiger charge is -2.26. The van der Waals surface area contributed by atoms with Crippen molar-refractivity contribution in [1.82, 2.24) is 44.7 Å². The molecule has 0 atom stereocenters. The number of benzene rings is 2. The SMILES string of the molecule is CS(=O)(=O)c1cc(-c2ncc(F)c(=O)[nH]2)nn1Cc1ccccc1F.CS(=O)(=O)c1cc(-c2ncc(F)c(N3CCc4c(o[nH]c4=O)C3)n2)nn1Cc1ccccc1F. The number of H-pyrrole nitrogens is 2. The highest BCUT2D eigenvalue weighted by Gasteiger charge is 2.27. The quantitative estimate of drug-likeness (QED) is 0.199. The maximum atomic E-state index is 14.6. The van der Waals surface area contributed by atoms with Gasteiger partial charge >= 0.3 is 0 Å². The van der Waals surface area contributed by atoms with E-state index in [-0.39, 0.29) is 75.2 Å². The van der Waals surface area contributed by atoms with Crippen LogP contribution in [0.4, 0.5) is 23.4 Å². The number of halogens is 4. The van der Waals surface area contributed by atoms with Crippen LogP contribution >= 0.6 is 0 Å². The average Bonchev–Trinajstić information content (AvgIpc) is 3.92. The Morgan fingerprint density at radius 2 is 1.29 bits per heavy atom. The largest absolute Gasteiger partial charge is 0.381 e. The highest BCUT2D eigenvalue weighted by atomic mass is 32.2. The second kappa shape index (κ2) is 15.9. The number of aromatic nitrogens is 9. The van der Waals surface area contributed by atoms with E-state index in [1.165, 1.54) is 48.5 Å². The lowest BCUT2D eigenvalue weighted by molar-refractivity contribution is 0.370. The summed E-state index contributed by atoms with van der Waals surface area (Å²) in [7, 11) is -7.42. The van der Waals surface area contributed by atoms with Crippen LogP contribution in [0, 0.1) is 23.3 Å². The van der Waals surface area contributed by atoms with Crippen molar-refractivity contribution in [2.45, 2.75) is 36.1 Å². The Bertz CT molecular complexity index is 3070. The number of sulfone groups is 2. The zero-order chi connectivity index (χ0) is 42.2. The van der Waals surface area contributed by atoms with Crippen LogP contribution in [-0.4, -0.2) is 80.5 Å². The molecule has 2 N–H and O–H groups in total. The molecule has 0 unspecified atom stereocenters. The van der Waals surface area contributed by atoms with Crippen LogP contribution in [-0.2, 0) is 45.7 Å². The monoisotopic (exact) mass is 854 g/mol. The molecule has 2 aromatic carbocycles. The molecule has 8 rings (SSSR count). The molecule has 0 saturated carbocycles. The van der Waals surface area contributed by atoms with Gasteiger partial charge in [-0.2, -0.15) is 19.7 Å². The molecule has 5 aromatic heterocycles. The number of nitrogens with zero attached hydrogens (tertiary/aromatic N) is 8. The maximum Gasteiger partial charge on any atom is 0.287 e. The van der Waals surface area contributed by atoms with E-state index in [0.29, 0.717) is 30.5 Å². The van der Waals surface area contributed by atoms with Crippen molar-refractivity contribution in [2.24, 2.45) is 0 Å². The van der Waals surface area contributed by atoms with Gasteiger partial charge in [0.1, 0.15) is 23.0 Å². The van der Waals surface area contributed by atoms with Gasteiger partial charge in [0.15, 0.2) is 58.8 Å². The number of hydrogen-bond acceptors (Lipinski definition) is 13. The Labute approximate surface area is 330 Å². The predicted molar refractivity (Wildman–Crippen MR) is 201 cm³/mol. The van der Waals surface area contributed by atoms with Gasteiger partial charge in [0.2, 0.25) is 5.82 Å². The van der Waals surface area contributed by atoms with Crippen LogP contribution < -0.4 is 16.0 Å². The zero-order valence-corrected chi connectivity index (χ0v) is 32.4. The molecule has 0 saturated heterocycles. The molecular weight excluding hydrogens is 825 g/mol. The van der Waals surface area contributed by atoms with Crippen molar-refractivity contribution in [1.29, 1.82) is 0 Å². The van der Waals surface area contributed by atoms with Gasteiger partial charge in [0, 0.05) is 42.3 Å². The first-order chi connectivity index (χ1) is 28.0. The lowest BCUT2D eigenvalue weighted by atomic mass is 10.1. The van der Waals surface area contributed by atoms with Crippen molar-refractivity contribution in [3.63, 3.8) is 0 Å². The standard InChI is InChI=1S/C21H18F2N6O4S.C15H12F2N4O3S/c1-34(31,32)18-8-16(26-29(18)10-12-4-2-3-5-14(12)22)19-24-9-15(23)20(25-19)28-7-6-13-17(11-28)33-27-21(13)30;1-25(23,24)13-6-12(14-18-7-11(17)15(22)19-14)20-21(13)8-9-4-2-3-5-10(9)16/h2-5,8-9H,6-7,10-11H2,1H3,(H,27,30);2-7H,8H2,1H3,(H,18,19,22). The van der Waals surface area contributed by atoms with Crippen molar-refractivity contribution in [2.75, 3.05) is 24.0 Å². The van der Waals surface area contributed by atoms with Gasteiger partial charge in [-0.05, 0) is 18.6 Å². The number of hydrogen-bond donors (Lipinski definition) is 2. The summed E-state index contributed by atoms with van der Waals surface area (Å²) < 4.78 is 112. The van der Waals surface area contributed by atoms with Gasteiger partial charge in [-0.15, -0.1) is 0 Å². The molecule has 0 aliphatic carbocycles. The normalized spacial score (nSPS) is 12.9. The third-order valence-electron chi connectivity index (χ3n) is 8.90. The summed E-state index contributed by atoms with van der Waals surface area (Å²) in [5, 5.41) is 10.3. The van der Waals surface area contributed by atoms with Crippen LogP contribution in [0.1, 0.15) is 22.5 Å². The van der Waals surface area contributed by atoms with E-state index in [0.717, 1.165) is 28.1 Å². The summed E-state index contributed by atoms with van der Waals surface area (Å²) >= 11 is 0. The Morgan fingerprint density at radius 1 is 0.729 bits per heavy atom. The van der Waals surface area contributed by atoms with E-state index in [1.807, 2.05) is 0 Å². The van der Waals surface area contributed by atoms with Gasteiger partial charge in [-0.1, -0.05) is 36.4 Å². The molecule has 0 bridgehead atoms. The number of aromatic amines is 2. The summed E-state index contributed by atoms with van der Waals surface area (Å²) in [4.78, 5) is 38.8. The Morgan fingerprint density at radius 3 is 1.86 bits per heavy atom. The summed E-state index contributed by atoms with van der Waals surface area (Å²) in [5.74, 6) is -2.52. The fourth-order valence-electron chi connectivity index (χ4n) is 6.05. The van der Waals surface area contributed by atoms with Crippen LogP contribution in [0.25, 0.3) is 23.0 Å². The fourth-order valence-corrected chi connectivity index (χ4v) is 7.68. The molecule has 306 valence electrons. The fraction of sp³-hybridized carbons (Fsp3) is 0.194. The van der Waals surface area contributed by atoms with E-state index in [2.05, 4.69) is 35.3 Å². The molecular formula is C36H30F4N10O7S2. The third kappa shape index (κ3) is 8.74. The first-order valence-corrected chi connectivity index (χ1v) is 21.0. The van der Waals surface area contributed by atoms with E-state index >= 15 is 0 Å². The van der Waals surface area contributed by atoms with E-state index in [9.17, 15) is 44.0 Å². The minimum atomic E-state index is -3.73. The number of anilines is 1. The molecule has 0 fully saturated rings. The third-order valence-corrected chi connectivity index (χ3v) is 11.1. The van der Waals surface area contributed by atoms with Crippen LogP contribution in [0.3, 0.4) is 0 Å². The Balaban J connectivity index is 0.000000188. The number of fused-ring (bicyclic) bond motifs is 1. The second-order valence-corrected chi connectivity index (χ2v) is 17.1. The molecule has 7 aromatic rings.